The summed E-state index contributed by atoms with van der Waals surface area (Å²) in [6, 6.07) is 10.5. The van der Waals surface area contributed by atoms with Crippen LogP contribution in [0.2, 0.25) is 0 Å². The molecule has 1 aromatic carbocycles. The zero-order valence-corrected chi connectivity index (χ0v) is 16.2. The number of benzene rings is 1. The highest BCUT2D eigenvalue weighted by molar-refractivity contribution is 7.99. The van der Waals surface area contributed by atoms with Crippen molar-refractivity contribution >= 4 is 17.7 Å². The van der Waals surface area contributed by atoms with Crippen molar-refractivity contribution in [3.05, 3.63) is 30.3 Å². The van der Waals surface area contributed by atoms with Gasteiger partial charge in [0.15, 0.2) is 0 Å². The van der Waals surface area contributed by atoms with Gasteiger partial charge in [0, 0.05) is 42.6 Å². The van der Waals surface area contributed by atoms with Crippen molar-refractivity contribution < 1.29 is 19.5 Å². The third-order valence-electron chi connectivity index (χ3n) is 5.38. The van der Waals surface area contributed by atoms with Crippen LogP contribution in [-0.2, 0) is 14.3 Å². The Balaban J connectivity index is 1.38. The fourth-order valence-corrected chi connectivity index (χ4v) is 5.10. The molecule has 1 aromatic rings. The molecular formula is C20H29NO4S. The molecule has 1 amide bonds. The molecule has 4 atom stereocenters. The molecule has 144 valence electrons. The van der Waals surface area contributed by atoms with E-state index in [9.17, 15) is 4.79 Å². The summed E-state index contributed by atoms with van der Waals surface area (Å²) in [4.78, 5) is 12.6. The minimum absolute atomic E-state index is 0.246. The smallest absolute Gasteiger partial charge is 0.245 e. The van der Waals surface area contributed by atoms with Gasteiger partial charge in [-0.25, -0.2) is 5.06 Å². The van der Waals surface area contributed by atoms with Crippen LogP contribution in [0.3, 0.4) is 0 Å². The van der Waals surface area contributed by atoms with E-state index in [0.717, 1.165) is 31.6 Å². The second kappa shape index (κ2) is 9.74. The van der Waals surface area contributed by atoms with Crippen molar-refractivity contribution in [2.24, 2.45) is 11.8 Å². The summed E-state index contributed by atoms with van der Waals surface area (Å²) >= 11 is 1.91. The lowest BCUT2D eigenvalue weighted by molar-refractivity contribution is -0.159. The molecule has 3 rings (SSSR count). The Labute approximate surface area is 160 Å². The summed E-state index contributed by atoms with van der Waals surface area (Å²) in [6.45, 7) is 1.41. The molecule has 0 saturated carbocycles. The van der Waals surface area contributed by atoms with Crippen molar-refractivity contribution in [2.75, 3.05) is 26.0 Å². The van der Waals surface area contributed by atoms with Gasteiger partial charge >= 0.3 is 0 Å². The van der Waals surface area contributed by atoms with Gasteiger partial charge in [-0.05, 0) is 37.8 Å². The summed E-state index contributed by atoms with van der Waals surface area (Å²) in [5, 5.41) is 9.68. The molecule has 2 aliphatic heterocycles. The first-order valence-corrected chi connectivity index (χ1v) is 10.5. The zero-order valence-electron chi connectivity index (χ0n) is 15.4. The number of amides is 1. The van der Waals surface area contributed by atoms with Gasteiger partial charge in [-0.2, -0.15) is 0 Å². The first-order chi connectivity index (χ1) is 12.6. The van der Waals surface area contributed by atoms with Crippen LogP contribution in [-0.4, -0.2) is 54.4 Å². The molecule has 6 heteroatoms. The Kier molecular flexibility index (Phi) is 7.37. The molecular weight excluding hydrogens is 350 g/mol. The van der Waals surface area contributed by atoms with Gasteiger partial charge in [-0.3, -0.25) is 10.0 Å². The summed E-state index contributed by atoms with van der Waals surface area (Å²) in [6.07, 6.45) is 5.02. The maximum atomic E-state index is 11.3. The maximum Gasteiger partial charge on any atom is 0.245 e. The van der Waals surface area contributed by atoms with E-state index >= 15 is 0 Å². The normalized spacial score (nSPS) is 27.0. The van der Waals surface area contributed by atoms with Gasteiger partial charge in [0.2, 0.25) is 5.91 Å². The quantitative estimate of drug-likeness (QED) is 0.291. The molecule has 2 bridgehead atoms. The van der Waals surface area contributed by atoms with E-state index < -0.39 is 0 Å². The van der Waals surface area contributed by atoms with Crippen molar-refractivity contribution in [2.45, 2.75) is 49.2 Å². The Bertz CT molecular complexity index is 568. The number of rotatable bonds is 10. The average molecular weight is 380 g/mol. The number of unbranched alkanes of at least 4 members (excludes halogenated alkanes) is 1. The Hall–Kier alpha value is -1.08. The van der Waals surface area contributed by atoms with Gasteiger partial charge in [0.05, 0.1) is 18.8 Å². The number of fused-ring (bicyclic) bond motifs is 2. The van der Waals surface area contributed by atoms with Gasteiger partial charge in [0.1, 0.15) is 0 Å². The molecule has 0 aliphatic carbocycles. The Morgan fingerprint density at radius 3 is 2.69 bits per heavy atom. The molecule has 2 aliphatic rings. The van der Waals surface area contributed by atoms with Crippen LogP contribution in [0.25, 0.3) is 0 Å². The van der Waals surface area contributed by atoms with Crippen LogP contribution in [0.4, 0.5) is 0 Å². The lowest BCUT2D eigenvalue weighted by Crippen LogP contribution is -2.32. The van der Waals surface area contributed by atoms with Crippen LogP contribution in [0.5, 0.6) is 0 Å². The number of ether oxygens (including phenoxy) is 2. The van der Waals surface area contributed by atoms with Crippen LogP contribution in [0.15, 0.2) is 35.2 Å². The van der Waals surface area contributed by atoms with E-state index in [-0.39, 0.29) is 5.91 Å². The summed E-state index contributed by atoms with van der Waals surface area (Å²) in [5.74, 6) is 1.87. The third kappa shape index (κ3) is 5.22. The lowest BCUT2D eigenvalue weighted by atomic mass is 9.81. The molecule has 5 nitrogen and oxygen atoms in total. The topological polar surface area (TPSA) is 59.0 Å². The fraction of sp³-hybridized carbons (Fsp3) is 0.650. The summed E-state index contributed by atoms with van der Waals surface area (Å²) in [7, 11) is 1.36. The summed E-state index contributed by atoms with van der Waals surface area (Å²) in [5.41, 5.74) is 0. The van der Waals surface area contributed by atoms with Crippen LogP contribution < -0.4 is 0 Å². The Morgan fingerprint density at radius 1 is 1.23 bits per heavy atom. The van der Waals surface area contributed by atoms with E-state index in [1.807, 2.05) is 17.8 Å². The molecule has 2 saturated heterocycles. The summed E-state index contributed by atoms with van der Waals surface area (Å²) < 4.78 is 12.1. The highest BCUT2D eigenvalue weighted by Gasteiger charge is 2.48. The van der Waals surface area contributed by atoms with Gasteiger partial charge in [0.25, 0.3) is 0 Å². The molecule has 4 unspecified atom stereocenters. The maximum absolute atomic E-state index is 11.3. The molecule has 1 N–H and O–H groups in total. The van der Waals surface area contributed by atoms with Gasteiger partial charge in [-0.1, -0.05) is 18.2 Å². The molecule has 2 fully saturated rings. The van der Waals surface area contributed by atoms with E-state index in [1.54, 1.807) is 0 Å². The monoisotopic (exact) mass is 379 g/mol. The zero-order chi connectivity index (χ0) is 18.4. The van der Waals surface area contributed by atoms with Crippen molar-refractivity contribution in [1.29, 1.82) is 0 Å². The minimum Gasteiger partial charge on any atom is -0.381 e. The van der Waals surface area contributed by atoms with Crippen molar-refractivity contribution in [3.8, 4) is 0 Å². The Morgan fingerprint density at radius 2 is 1.96 bits per heavy atom. The third-order valence-corrected chi connectivity index (χ3v) is 6.53. The van der Waals surface area contributed by atoms with E-state index in [4.69, 9.17) is 14.7 Å². The number of carbonyl (C=O) groups is 1. The predicted octanol–water partition coefficient (Wildman–Crippen LogP) is 3.61. The minimum atomic E-state index is -0.246. The van der Waals surface area contributed by atoms with Gasteiger partial charge < -0.3 is 9.47 Å². The fourth-order valence-electron chi connectivity index (χ4n) is 3.90. The number of thioether (sulfide) groups is 1. The average Bonchev–Trinajstić information content (AvgIpc) is 3.25. The van der Waals surface area contributed by atoms with E-state index in [2.05, 4.69) is 24.3 Å². The highest BCUT2D eigenvalue weighted by atomic mass is 32.2. The number of hydroxylamine groups is 2. The highest BCUT2D eigenvalue weighted by Crippen LogP contribution is 2.45. The SMILES string of the molecule is CN(O)C(=O)CCCCOCC1C2CCC(O2)C1CSc1ccccc1. The molecule has 0 spiro atoms. The van der Waals surface area contributed by atoms with E-state index in [1.165, 1.54) is 18.4 Å². The first kappa shape index (κ1) is 19.7. The van der Waals surface area contributed by atoms with Crippen LogP contribution >= 0.6 is 11.8 Å². The van der Waals surface area contributed by atoms with E-state index in [0.29, 0.717) is 42.1 Å². The second-order valence-electron chi connectivity index (χ2n) is 7.19. The number of nitrogens with zero attached hydrogens (tertiary/aromatic N) is 1. The molecule has 2 heterocycles. The standard InChI is InChI=1S/C20H29NO4S/c1-21(23)20(22)9-5-6-12-24-13-16-17(19-11-10-18(16)25-19)14-26-15-7-3-2-4-8-15/h2-4,7-8,16-19,23H,5-6,9-14H2,1H3. The van der Waals surface area contributed by atoms with Crippen LogP contribution in [0.1, 0.15) is 32.1 Å². The first-order valence-electron chi connectivity index (χ1n) is 9.51. The van der Waals surface area contributed by atoms with Gasteiger partial charge in [-0.15, -0.1) is 11.8 Å². The molecule has 26 heavy (non-hydrogen) atoms. The van der Waals surface area contributed by atoms with Crippen molar-refractivity contribution in [1.82, 2.24) is 5.06 Å². The second-order valence-corrected chi connectivity index (χ2v) is 8.28. The molecule has 0 radical (unpaired) electrons. The largest absolute Gasteiger partial charge is 0.381 e. The number of hydrogen-bond acceptors (Lipinski definition) is 5. The van der Waals surface area contributed by atoms with Crippen LogP contribution in [0, 0.1) is 11.8 Å². The predicted molar refractivity (Wildman–Crippen MR) is 101 cm³/mol. The number of hydrogen-bond donors (Lipinski definition) is 1. The van der Waals surface area contributed by atoms with Crippen molar-refractivity contribution in [3.63, 3.8) is 0 Å². The molecule has 0 aromatic heterocycles. The lowest BCUT2D eigenvalue weighted by Gasteiger charge is -2.27. The number of carbonyl (C=O) groups excluding carboxylic acids is 1.